The average molecular weight is 222 g/mol. The average Bonchev–Trinajstić information content (AvgIpc) is 2.57. The van der Waals surface area contributed by atoms with Gasteiger partial charge >= 0.3 is 8.25 Å². The zero-order valence-corrected chi connectivity index (χ0v) is 8.97. The third-order valence-corrected chi connectivity index (χ3v) is 3.75. The highest BCUT2D eigenvalue weighted by Crippen LogP contribution is 2.52. The summed E-state index contributed by atoms with van der Waals surface area (Å²) in [6, 6.07) is 0. The molecule has 1 saturated carbocycles. The van der Waals surface area contributed by atoms with Crippen LogP contribution in [0.2, 0.25) is 0 Å². The van der Waals surface area contributed by atoms with E-state index in [1.165, 1.54) is 0 Å². The van der Waals surface area contributed by atoms with Crippen molar-refractivity contribution in [1.82, 2.24) is 0 Å². The van der Waals surface area contributed by atoms with Crippen LogP contribution in [-0.2, 0) is 13.8 Å². The number of ether oxygens (including phenoxy) is 1. The number of aliphatic hydroxyl groups is 1. The topological polar surface area (TPSA) is 76.0 Å². The van der Waals surface area contributed by atoms with Crippen LogP contribution < -0.4 is 0 Å². The van der Waals surface area contributed by atoms with E-state index < -0.39 is 19.8 Å². The second-order valence-corrected chi connectivity index (χ2v) is 5.05. The van der Waals surface area contributed by atoms with Crippen LogP contribution in [0, 0.1) is 11.3 Å². The molecule has 5 nitrogen and oxygen atoms in total. The maximum Gasteiger partial charge on any atom is 0.316 e. The minimum absolute atomic E-state index is 0.0480. The summed E-state index contributed by atoms with van der Waals surface area (Å²) in [7, 11) is -2.95. The molecule has 0 aromatic heterocycles. The molecule has 0 aromatic carbocycles. The van der Waals surface area contributed by atoms with E-state index >= 15 is 0 Å². The second-order valence-electron chi connectivity index (χ2n) is 4.28. The molecule has 5 atom stereocenters. The third-order valence-electron chi connectivity index (χ3n) is 3.30. The summed E-state index contributed by atoms with van der Waals surface area (Å²) in [5.41, 5.74) is -0.451. The van der Waals surface area contributed by atoms with Gasteiger partial charge in [0.1, 0.15) is 6.10 Å². The zero-order valence-electron chi connectivity index (χ0n) is 7.97. The predicted molar refractivity (Wildman–Crippen MR) is 49.1 cm³/mol. The molecule has 5 unspecified atom stereocenters. The first-order valence-electron chi connectivity index (χ1n) is 4.71. The molecular formula is C8H15O5P. The van der Waals surface area contributed by atoms with Crippen molar-refractivity contribution in [3.63, 3.8) is 0 Å². The Morgan fingerprint density at radius 1 is 1.71 bits per heavy atom. The summed E-state index contributed by atoms with van der Waals surface area (Å²) in [5.74, 6) is 0.280. The van der Waals surface area contributed by atoms with E-state index in [0.717, 1.165) is 6.42 Å². The number of fused-ring (bicyclic) bond motifs is 2. The number of hydrogen-bond acceptors (Lipinski definition) is 4. The molecule has 0 aromatic rings. The molecule has 1 saturated heterocycles. The predicted octanol–water partition coefficient (Wildman–Crippen LogP) is 0.171. The Hall–Kier alpha value is 0.0700. The first kappa shape index (κ1) is 10.6. The van der Waals surface area contributed by atoms with Crippen LogP contribution in [0.25, 0.3) is 0 Å². The Balaban J connectivity index is 2.18. The first-order valence-corrected chi connectivity index (χ1v) is 5.97. The molecule has 82 valence electrons. The fraction of sp³-hybridized carbons (Fsp3) is 1.00. The van der Waals surface area contributed by atoms with Crippen LogP contribution in [0.3, 0.4) is 0 Å². The number of hydrogen-bond donors (Lipinski definition) is 2. The summed E-state index contributed by atoms with van der Waals surface area (Å²) in [6.45, 7) is 2.39. The summed E-state index contributed by atoms with van der Waals surface area (Å²) in [5, 5.41) is 9.31. The maximum absolute atomic E-state index is 10.7. The Kier molecular flexibility index (Phi) is 2.70. The van der Waals surface area contributed by atoms with Crippen LogP contribution >= 0.6 is 8.25 Å². The molecule has 0 spiro atoms. The van der Waals surface area contributed by atoms with Gasteiger partial charge in [-0.15, -0.1) is 0 Å². The van der Waals surface area contributed by atoms with Crippen molar-refractivity contribution in [3.8, 4) is 0 Å². The minimum atomic E-state index is -2.95. The van der Waals surface area contributed by atoms with Gasteiger partial charge in [0.2, 0.25) is 0 Å². The highest BCUT2D eigenvalue weighted by Gasteiger charge is 2.59. The van der Waals surface area contributed by atoms with Crippen LogP contribution in [-0.4, -0.2) is 35.4 Å². The van der Waals surface area contributed by atoms with Gasteiger partial charge in [-0.3, -0.25) is 4.57 Å². The molecule has 14 heavy (non-hydrogen) atoms. The van der Waals surface area contributed by atoms with Crippen molar-refractivity contribution in [1.29, 1.82) is 0 Å². The van der Waals surface area contributed by atoms with E-state index in [2.05, 4.69) is 0 Å². The Morgan fingerprint density at radius 3 is 2.93 bits per heavy atom. The van der Waals surface area contributed by atoms with Gasteiger partial charge in [0, 0.05) is 5.41 Å². The smallest absolute Gasteiger partial charge is 0.316 e. The second kappa shape index (κ2) is 3.58. The van der Waals surface area contributed by atoms with E-state index in [9.17, 15) is 9.67 Å². The molecule has 2 bridgehead atoms. The van der Waals surface area contributed by atoms with Gasteiger partial charge in [0.05, 0.1) is 19.3 Å². The summed E-state index contributed by atoms with van der Waals surface area (Å²) >= 11 is 0. The first-order chi connectivity index (χ1) is 6.59. The van der Waals surface area contributed by atoms with E-state index in [-0.39, 0.29) is 18.6 Å². The molecule has 2 rings (SSSR count). The van der Waals surface area contributed by atoms with E-state index in [4.69, 9.17) is 14.2 Å². The molecule has 0 amide bonds. The fourth-order valence-corrected chi connectivity index (χ4v) is 3.28. The van der Waals surface area contributed by atoms with Crippen molar-refractivity contribution in [2.24, 2.45) is 11.3 Å². The van der Waals surface area contributed by atoms with E-state index in [1.54, 1.807) is 0 Å². The number of rotatable bonds is 3. The van der Waals surface area contributed by atoms with Crippen LogP contribution in [0.5, 0.6) is 0 Å². The van der Waals surface area contributed by atoms with Crippen molar-refractivity contribution in [3.05, 3.63) is 0 Å². The van der Waals surface area contributed by atoms with Crippen LogP contribution in [0.4, 0.5) is 0 Å². The lowest BCUT2D eigenvalue weighted by atomic mass is 9.86. The molecule has 1 heterocycles. The van der Waals surface area contributed by atoms with Gasteiger partial charge in [0.15, 0.2) is 0 Å². The van der Waals surface area contributed by atoms with Crippen LogP contribution in [0.15, 0.2) is 0 Å². The van der Waals surface area contributed by atoms with Gasteiger partial charge in [-0.2, -0.15) is 0 Å². The molecule has 2 N–H and O–H groups in total. The summed E-state index contributed by atoms with van der Waals surface area (Å²) in [6.07, 6.45) is 0.246. The standard InChI is InChI=1S/C8H15O5P/c1-5-2-8(3-9)4-12-6(5)7(8)13-14(10)11/h5-7,9,14H,2-4H2,1H3,(H,10,11). The van der Waals surface area contributed by atoms with Crippen molar-refractivity contribution < 1.29 is 23.8 Å². The fourth-order valence-electron chi connectivity index (χ4n) is 2.68. The lowest BCUT2D eigenvalue weighted by Gasteiger charge is -2.27. The Bertz CT molecular complexity index is 258. The van der Waals surface area contributed by atoms with E-state index in [1.807, 2.05) is 6.92 Å². The molecule has 0 radical (unpaired) electrons. The van der Waals surface area contributed by atoms with E-state index in [0.29, 0.717) is 6.61 Å². The molecule has 2 aliphatic rings. The SMILES string of the molecule is CC1CC2(CO)COC1C2O[PH](=O)O. The van der Waals surface area contributed by atoms with Crippen molar-refractivity contribution in [2.75, 3.05) is 13.2 Å². The molecule has 6 heteroatoms. The van der Waals surface area contributed by atoms with Crippen LogP contribution in [0.1, 0.15) is 13.3 Å². The largest absolute Gasteiger partial charge is 0.396 e. The van der Waals surface area contributed by atoms with Crippen molar-refractivity contribution >= 4 is 8.25 Å². The summed E-state index contributed by atoms with van der Waals surface area (Å²) in [4.78, 5) is 8.76. The Morgan fingerprint density at radius 2 is 2.43 bits per heavy atom. The highest BCUT2D eigenvalue weighted by atomic mass is 31.1. The Labute approximate surface area is 83.0 Å². The van der Waals surface area contributed by atoms with Gasteiger partial charge in [-0.1, -0.05) is 6.92 Å². The molecular weight excluding hydrogens is 207 g/mol. The van der Waals surface area contributed by atoms with Gasteiger partial charge < -0.3 is 19.3 Å². The summed E-state index contributed by atoms with van der Waals surface area (Å²) < 4.78 is 21.1. The minimum Gasteiger partial charge on any atom is -0.396 e. The lowest BCUT2D eigenvalue weighted by molar-refractivity contribution is -0.00148. The zero-order chi connectivity index (χ0) is 10.3. The quantitative estimate of drug-likeness (QED) is 0.666. The molecule has 1 aliphatic carbocycles. The maximum atomic E-state index is 10.7. The molecule has 1 aliphatic heterocycles. The third kappa shape index (κ3) is 1.44. The lowest BCUT2D eigenvalue weighted by Crippen LogP contribution is -2.35. The van der Waals surface area contributed by atoms with Gasteiger partial charge in [0.25, 0.3) is 0 Å². The normalized spacial score (nSPS) is 48.4. The van der Waals surface area contributed by atoms with Gasteiger partial charge in [-0.05, 0) is 12.3 Å². The monoisotopic (exact) mass is 222 g/mol. The van der Waals surface area contributed by atoms with Gasteiger partial charge in [-0.25, -0.2) is 0 Å². The number of aliphatic hydroxyl groups excluding tert-OH is 1. The van der Waals surface area contributed by atoms with Crippen molar-refractivity contribution in [2.45, 2.75) is 25.6 Å². The highest BCUT2D eigenvalue weighted by molar-refractivity contribution is 7.32. The molecule has 2 fully saturated rings.